The Labute approximate surface area is 115 Å². The van der Waals surface area contributed by atoms with Crippen molar-refractivity contribution in [2.24, 2.45) is 0 Å². The largest absolute Gasteiger partial charge is 0.398 e. The lowest BCUT2D eigenvalue weighted by Crippen LogP contribution is -2.39. The van der Waals surface area contributed by atoms with Crippen molar-refractivity contribution in [1.82, 2.24) is 0 Å². The van der Waals surface area contributed by atoms with Gasteiger partial charge in [-0.1, -0.05) is 24.9 Å². The number of nitrogens with zero attached hydrogens (tertiary/aromatic N) is 1. The number of rotatable bonds is 3. The van der Waals surface area contributed by atoms with E-state index in [0.717, 1.165) is 6.54 Å². The summed E-state index contributed by atoms with van der Waals surface area (Å²) in [6, 6.07) is 4.71. The van der Waals surface area contributed by atoms with E-state index in [1.165, 1.54) is 43.4 Å². The van der Waals surface area contributed by atoms with Crippen LogP contribution in [0, 0.1) is 6.92 Å². The number of nitrogen functional groups attached to an aromatic ring is 1. The minimum Gasteiger partial charge on any atom is -0.398 e. The molecule has 1 aromatic carbocycles. The van der Waals surface area contributed by atoms with E-state index in [2.05, 4.69) is 18.7 Å². The van der Waals surface area contributed by atoms with Crippen LogP contribution < -0.4 is 10.6 Å². The van der Waals surface area contributed by atoms with Crippen molar-refractivity contribution >= 4 is 23.0 Å². The van der Waals surface area contributed by atoms with Crippen LogP contribution >= 0.6 is 11.6 Å². The van der Waals surface area contributed by atoms with Gasteiger partial charge >= 0.3 is 0 Å². The fourth-order valence-corrected chi connectivity index (χ4v) is 3.11. The summed E-state index contributed by atoms with van der Waals surface area (Å²) in [5.41, 5.74) is 9.05. The van der Waals surface area contributed by atoms with Gasteiger partial charge in [0.15, 0.2) is 0 Å². The van der Waals surface area contributed by atoms with Gasteiger partial charge < -0.3 is 10.6 Å². The third-order valence-electron chi connectivity index (χ3n) is 3.87. The Hall–Kier alpha value is -0.890. The highest BCUT2D eigenvalue weighted by molar-refractivity contribution is 6.33. The van der Waals surface area contributed by atoms with Gasteiger partial charge in [-0.05, 0) is 50.3 Å². The summed E-state index contributed by atoms with van der Waals surface area (Å²) in [7, 11) is 0. The predicted octanol–water partition coefficient (Wildman–Crippen LogP) is 4.39. The van der Waals surface area contributed by atoms with E-state index in [0.29, 0.717) is 16.8 Å². The second-order valence-electron chi connectivity index (χ2n) is 5.29. The van der Waals surface area contributed by atoms with Gasteiger partial charge in [-0.15, -0.1) is 0 Å². The number of benzene rings is 1. The minimum atomic E-state index is 0.669. The Bertz CT molecular complexity index is 415. The SMILES string of the molecule is CCCC1CCCCN1c1cc(Cl)c(N)cc1C. The molecule has 0 bridgehead atoms. The summed E-state index contributed by atoms with van der Waals surface area (Å²) in [6.45, 7) is 5.53. The van der Waals surface area contributed by atoms with Crippen LogP contribution in [0.3, 0.4) is 0 Å². The maximum absolute atomic E-state index is 6.18. The molecule has 1 unspecified atom stereocenters. The average Bonchev–Trinajstić information content (AvgIpc) is 2.35. The standard InChI is InChI=1S/C15H23ClN2/c1-3-6-12-7-4-5-8-18(12)15-10-13(16)14(17)9-11(15)2/h9-10,12H,3-8,17H2,1-2H3. The summed E-state index contributed by atoms with van der Waals surface area (Å²) in [4.78, 5) is 2.54. The Balaban J connectivity index is 2.30. The lowest BCUT2D eigenvalue weighted by molar-refractivity contribution is 0.434. The van der Waals surface area contributed by atoms with E-state index in [9.17, 15) is 0 Å². The Morgan fingerprint density at radius 1 is 1.39 bits per heavy atom. The molecule has 18 heavy (non-hydrogen) atoms. The zero-order valence-electron chi connectivity index (χ0n) is 11.4. The monoisotopic (exact) mass is 266 g/mol. The normalized spacial score (nSPS) is 20.2. The van der Waals surface area contributed by atoms with Gasteiger partial charge in [-0.2, -0.15) is 0 Å². The first-order valence-corrected chi connectivity index (χ1v) is 7.33. The van der Waals surface area contributed by atoms with Crippen LogP contribution in [0.1, 0.15) is 44.6 Å². The maximum Gasteiger partial charge on any atom is 0.0656 e. The number of hydrogen-bond donors (Lipinski definition) is 1. The van der Waals surface area contributed by atoms with Crippen molar-refractivity contribution in [3.05, 3.63) is 22.7 Å². The second kappa shape index (κ2) is 5.83. The van der Waals surface area contributed by atoms with E-state index in [4.69, 9.17) is 17.3 Å². The first-order chi connectivity index (χ1) is 8.63. The molecule has 1 heterocycles. The molecule has 0 amide bonds. The van der Waals surface area contributed by atoms with Gasteiger partial charge in [-0.3, -0.25) is 0 Å². The molecule has 0 saturated carbocycles. The van der Waals surface area contributed by atoms with Crippen LogP contribution in [0.25, 0.3) is 0 Å². The molecule has 3 heteroatoms. The highest BCUT2D eigenvalue weighted by Gasteiger charge is 2.23. The van der Waals surface area contributed by atoms with Gasteiger partial charge in [0, 0.05) is 18.3 Å². The van der Waals surface area contributed by atoms with Crippen LogP contribution in [-0.2, 0) is 0 Å². The maximum atomic E-state index is 6.18. The van der Waals surface area contributed by atoms with Crippen molar-refractivity contribution < 1.29 is 0 Å². The van der Waals surface area contributed by atoms with Gasteiger partial charge in [-0.25, -0.2) is 0 Å². The molecule has 1 aliphatic rings. The molecule has 0 spiro atoms. The van der Waals surface area contributed by atoms with E-state index in [1.807, 2.05) is 12.1 Å². The Kier molecular flexibility index (Phi) is 4.39. The Morgan fingerprint density at radius 2 is 2.17 bits per heavy atom. The van der Waals surface area contributed by atoms with Crippen molar-refractivity contribution in [2.75, 3.05) is 17.2 Å². The van der Waals surface area contributed by atoms with Crippen molar-refractivity contribution in [2.45, 2.75) is 52.0 Å². The number of anilines is 2. The van der Waals surface area contributed by atoms with Gasteiger partial charge in [0.05, 0.1) is 10.7 Å². The number of hydrogen-bond acceptors (Lipinski definition) is 2. The summed E-state index contributed by atoms with van der Waals surface area (Å²) in [5, 5.41) is 0.677. The second-order valence-corrected chi connectivity index (χ2v) is 5.70. The van der Waals surface area contributed by atoms with Crippen LogP contribution in [0.15, 0.2) is 12.1 Å². The molecule has 1 aliphatic heterocycles. The fourth-order valence-electron chi connectivity index (χ4n) is 2.95. The summed E-state index contributed by atoms with van der Waals surface area (Å²) in [5.74, 6) is 0. The van der Waals surface area contributed by atoms with Crippen LogP contribution in [0.2, 0.25) is 5.02 Å². The van der Waals surface area contributed by atoms with Crippen LogP contribution in [0.5, 0.6) is 0 Å². The lowest BCUT2D eigenvalue weighted by Gasteiger charge is -2.38. The molecule has 1 saturated heterocycles. The number of aryl methyl sites for hydroxylation is 1. The number of halogens is 1. The minimum absolute atomic E-state index is 0.669. The first kappa shape index (κ1) is 13.5. The number of piperidine rings is 1. The van der Waals surface area contributed by atoms with E-state index < -0.39 is 0 Å². The predicted molar refractivity (Wildman–Crippen MR) is 80.5 cm³/mol. The van der Waals surface area contributed by atoms with Crippen molar-refractivity contribution in [3.8, 4) is 0 Å². The molecule has 100 valence electrons. The summed E-state index contributed by atoms with van der Waals surface area (Å²) in [6.07, 6.45) is 6.43. The highest BCUT2D eigenvalue weighted by atomic mass is 35.5. The smallest absolute Gasteiger partial charge is 0.0656 e. The molecule has 1 aromatic rings. The van der Waals surface area contributed by atoms with Gasteiger partial charge in [0.1, 0.15) is 0 Å². The lowest BCUT2D eigenvalue weighted by atomic mass is 9.96. The molecular weight excluding hydrogens is 244 g/mol. The van der Waals surface area contributed by atoms with E-state index in [1.54, 1.807) is 0 Å². The molecule has 0 aromatic heterocycles. The fraction of sp³-hybridized carbons (Fsp3) is 0.600. The van der Waals surface area contributed by atoms with Gasteiger partial charge in [0.25, 0.3) is 0 Å². The van der Waals surface area contributed by atoms with Crippen LogP contribution in [-0.4, -0.2) is 12.6 Å². The average molecular weight is 267 g/mol. The number of nitrogens with two attached hydrogens (primary N) is 1. The molecular formula is C15H23ClN2. The zero-order valence-corrected chi connectivity index (χ0v) is 12.1. The topological polar surface area (TPSA) is 29.3 Å². The van der Waals surface area contributed by atoms with Crippen molar-refractivity contribution in [3.63, 3.8) is 0 Å². The summed E-state index contributed by atoms with van der Waals surface area (Å²) < 4.78 is 0. The third kappa shape index (κ3) is 2.74. The molecule has 0 aliphatic carbocycles. The molecule has 2 N–H and O–H groups in total. The van der Waals surface area contributed by atoms with Crippen LogP contribution in [0.4, 0.5) is 11.4 Å². The molecule has 1 fully saturated rings. The summed E-state index contributed by atoms with van der Waals surface area (Å²) >= 11 is 6.18. The Morgan fingerprint density at radius 3 is 2.89 bits per heavy atom. The molecule has 0 radical (unpaired) electrons. The van der Waals surface area contributed by atoms with Gasteiger partial charge in [0.2, 0.25) is 0 Å². The zero-order chi connectivity index (χ0) is 13.1. The molecule has 2 nitrogen and oxygen atoms in total. The van der Waals surface area contributed by atoms with E-state index >= 15 is 0 Å². The third-order valence-corrected chi connectivity index (χ3v) is 4.20. The molecule has 1 atom stereocenters. The quantitative estimate of drug-likeness (QED) is 0.822. The first-order valence-electron chi connectivity index (χ1n) is 6.95. The van der Waals surface area contributed by atoms with E-state index in [-0.39, 0.29) is 0 Å². The van der Waals surface area contributed by atoms with Crippen molar-refractivity contribution in [1.29, 1.82) is 0 Å². The molecule has 2 rings (SSSR count). The highest BCUT2D eigenvalue weighted by Crippen LogP contribution is 2.34.